The number of anilines is 2. The van der Waals surface area contributed by atoms with Crippen LogP contribution >= 0.6 is 0 Å². The summed E-state index contributed by atoms with van der Waals surface area (Å²) in [4.78, 5) is 13.5. The van der Waals surface area contributed by atoms with Crippen LogP contribution in [0.15, 0.2) is 53.4 Å². The number of nitrogens with zero attached hydrogens (tertiary/aromatic N) is 1. The van der Waals surface area contributed by atoms with Gasteiger partial charge in [-0.1, -0.05) is 12.1 Å². The number of rotatable bonds is 4. The molecule has 2 aromatic carbocycles. The molecule has 24 heavy (non-hydrogen) atoms. The maximum Gasteiger partial charge on any atom is 0.261 e. The van der Waals surface area contributed by atoms with Crippen LogP contribution in [0.5, 0.6) is 0 Å². The van der Waals surface area contributed by atoms with Crippen LogP contribution in [0.25, 0.3) is 0 Å². The van der Waals surface area contributed by atoms with E-state index in [-0.39, 0.29) is 10.8 Å². The molecule has 1 fully saturated rings. The third kappa shape index (κ3) is 3.56. The van der Waals surface area contributed by atoms with Crippen LogP contribution in [0.2, 0.25) is 0 Å². The van der Waals surface area contributed by atoms with Crippen molar-refractivity contribution >= 4 is 27.3 Å². The molecule has 3 rings (SSSR count). The summed E-state index contributed by atoms with van der Waals surface area (Å²) in [6.45, 7) is 0.624. The molecule has 0 bridgehead atoms. The van der Waals surface area contributed by atoms with Crippen molar-refractivity contribution in [3.05, 3.63) is 54.3 Å². The number of hydrogen-bond acceptors (Lipinski definition) is 3. The standard InChI is InChI=1S/C17H17FN2O3S/c18-13-5-3-8-16(11-13)24(22,23)19-14-6-4-7-15(12-14)20-10-2-1-9-17(20)21/h3-8,11-12,19H,1-2,9-10H2. The monoisotopic (exact) mass is 348 g/mol. The van der Waals surface area contributed by atoms with Gasteiger partial charge in [0.15, 0.2) is 0 Å². The van der Waals surface area contributed by atoms with Crippen molar-refractivity contribution in [3.63, 3.8) is 0 Å². The lowest BCUT2D eigenvalue weighted by Gasteiger charge is -2.27. The lowest BCUT2D eigenvalue weighted by atomic mass is 10.1. The first-order valence-corrected chi connectivity index (χ1v) is 9.13. The second kappa shape index (κ2) is 6.60. The van der Waals surface area contributed by atoms with E-state index >= 15 is 0 Å². The number of hydrogen-bond donors (Lipinski definition) is 1. The Labute approximate surface area is 140 Å². The second-order valence-corrected chi connectivity index (χ2v) is 7.30. The molecule has 0 saturated carbocycles. The number of benzene rings is 2. The van der Waals surface area contributed by atoms with Crippen LogP contribution < -0.4 is 9.62 Å². The number of carbonyl (C=O) groups excluding carboxylic acids is 1. The molecular formula is C17H17FN2O3S. The van der Waals surface area contributed by atoms with Crippen molar-refractivity contribution in [3.8, 4) is 0 Å². The van der Waals surface area contributed by atoms with E-state index in [1.807, 2.05) is 0 Å². The third-order valence-corrected chi connectivity index (χ3v) is 5.22. The van der Waals surface area contributed by atoms with Crippen LogP contribution in [0.4, 0.5) is 15.8 Å². The summed E-state index contributed by atoms with van der Waals surface area (Å²) in [5.41, 5.74) is 0.981. The van der Waals surface area contributed by atoms with Gasteiger partial charge in [-0.3, -0.25) is 9.52 Å². The molecule has 0 aromatic heterocycles. The van der Waals surface area contributed by atoms with E-state index in [9.17, 15) is 17.6 Å². The predicted molar refractivity (Wildman–Crippen MR) is 89.9 cm³/mol. The Morgan fingerprint density at radius 1 is 1.04 bits per heavy atom. The Hall–Kier alpha value is -2.41. The van der Waals surface area contributed by atoms with Crippen molar-refractivity contribution < 1.29 is 17.6 Å². The predicted octanol–water partition coefficient (Wildman–Crippen LogP) is 3.14. The first-order valence-electron chi connectivity index (χ1n) is 7.64. The van der Waals surface area contributed by atoms with Gasteiger partial charge < -0.3 is 4.90 Å². The van der Waals surface area contributed by atoms with E-state index in [2.05, 4.69) is 4.72 Å². The van der Waals surface area contributed by atoms with Gasteiger partial charge >= 0.3 is 0 Å². The average molecular weight is 348 g/mol. The van der Waals surface area contributed by atoms with Crippen LogP contribution in [-0.4, -0.2) is 20.9 Å². The fraction of sp³-hybridized carbons (Fsp3) is 0.235. The molecule has 1 aliphatic rings. The van der Waals surface area contributed by atoms with Crippen LogP contribution in [-0.2, 0) is 14.8 Å². The summed E-state index contributed by atoms with van der Waals surface area (Å²) < 4.78 is 40.4. The highest BCUT2D eigenvalue weighted by molar-refractivity contribution is 7.92. The van der Waals surface area contributed by atoms with E-state index in [0.29, 0.717) is 24.3 Å². The molecule has 1 N–H and O–H groups in total. The zero-order valence-electron chi connectivity index (χ0n) is 12.9. The van der Waals surface area contributed by atoms with Crippen molar-refractivity contribution in [1.29, 1.82) is 0 Å². The van der Waals surface area contributed by atoms with Gasteiger partial charge in [0.1, 0.15) is 5.82 Å². The fourth-order valence-corrected chi connectivity index (χ4v) is 3.74. The van der Waals surface area contributed by atoms with Gasteiger partial charge in [-0.25, -0.2) is 12.8 Å². The summed E-state index contributed by atoms with van der Waals surface area (Å²) in [7, 11) is -3.89. The third-order valence-electron chi connectivity index (χ3n) is 3.84. The lowest BCUT2D eigenvalue weighted by molar-refractivity contribution is -0.119. The molecule has 5 nitrogen and oxygen atoms in total. The minimum atomic E-state index is -3.89. The molecule has 0 atom stereocenters. The molecule has 2 aromatic rings. The largest absolute Gasteiger partial charge is 0.312 e. The van der Waals surface area contributed by atoms with Crippen molar-refractivity contribution in [2.45, 2.75) is 24.2 Å². The first-order chi connectivity index (χ1) is 11.5. The molecule has 0 aliphatic carbocycles. The molecule has 1 saturated heterocycles. The van der Waals surface area contributed by atoms with Gasteiger partial charge in [-0.2, -0.15) is 0 Å². The second-order valence-electron chi connectivity index (χ2n) is 5.62. The molecule has 126 valence electrons. The number of nitrogens with one attached hydrogen (secondary N) is 1. The van der Waals surface area contributed by atoms with E-state index in [1.54, 1.807) is 29.2 Å². The number of carbonyl (C=O) groups is 1. The van der Waals surface area contributed by atoms with E-state index in [0.717, 1.165) is 18.9 Å². The SMILES string of the molecule is O=C1CCCCN1c1cccc(NS(=O)(=O)c2cccc(F)c2)c1. The van der Waals surface area contributed by atoms with Crippen molar-refractivity contribution in [2.75, 3.05) is 16.2 Å². The first kappa shape index (κ1) is 16.4. The highest BCUT2D eigenvalue weighted by atomic mass is 32.2. The lowest BCUT2D eigenvalue weighted by Crippen LogP contribution is -2.35. The van der Waals surface area contributed by atoms with Gasteiger partial charge in [-0.15, -0.1) is 0 Å². The highest BCUT2D eigenvalue weighted by Gasteiger charge is 2.20. The number of amides is 1. The van der Waals surface area contributed by atoms with Gasteiger partial charge in [0.2, 0.25) is 5.91 Å². The molecule has 7 heteroatoms. The van der Waals surface area contributed by atoms with Crippen molar-refractivity contribution in [1.82, 2.24) is 0 Å². The zero-order valence-corrected chi connectivity index (χ0v) is 13.7. The minimum absolute atomic E-state index is 0.0337. The maximum absolute atomic E-state index is 13.2. The maximum atomic E-state index is 13.2. The molecule has 0 spiro atoms. The topological polar surface area (TPSA) is 66.5 Å². The van der Waals surface area contributed by atoms with E-state index < -0.39 is 15.8 Å². The zero-order chi connectivity index (χ0) is 17.2. The average Bonchev–Trinajstić information content (AvgIpc) is 2.55. The molecule has 1 amide bonds. The summed E-state index contributed by atoms with van der Waals surface area (Å²) in [5, 5.41) is 0. The minimum Gasteiger partial charge on any atom is -0.312 e. The van der Waals surface area contributed by atoms with E-state index in [1.165, 1.54) is 18.2 Å². The van der Waals surface area contributed by atoms with Crippen LogP contribution in [0.1, 0.15) is 19.3 Å². The van der Waals surface area contributed by atoms with Gasteiger partial charge in [-0.05, 0) is 49.2 Å². The Morgan fingerprint density at radius 3 is 2.58 bits per heavy atom. The summed E-state index contributed by atoms with van der Waals surface area (Å²) >= 11 is 0. The van der Waals surface area contributed by atoms with Gasteiger partial charge in [0.25, 0.3) is 10.0 Å². The molecule has 1 heterocycles. The van der Waals surface area contributed by atoms with Crippen LogP contribution in [0.3, 0.4) is 0 Å². The number of halogens is 1. The molecule has 1 aliphatic heterocycles. The number of sulfonamides is 1. The quantitative estimate of drug-likeness (QED) is 0.923. The summed E-state index contributed by atoms with van der Waals surface area (Å²) in [5.74, 6) is -0.586. The Balaban J connectivity index is 1.85. The Kier molecular flexibility index (Phi) is 4.53. The normalized spacial score (nSPS) is 15.4. The Bertz CT molecular complexity index is 868. The molecular weight excluding hydrogens is 331 g/mol. The summed E-state index contributed by atoms with van der Waals surface area (Å²) in [6.07, 6.45) is 2.30. The summed E-state index contributed by atoms with van der Waals surface area (Å²) in [6, 6.07) is 11.5. The smallest absolute Gasteiger partial charge is 0.261 e. The number of piperidine rings is 1. The molecule has 0 unspecified atom stereocenters. The highest BCUT2D eigenvalue weighted by Crippen LogP contribution is 2.25. The van der Waals surface area contributed by atoms with Crippen molar-refractivity contribution in [2.24, 2.45) is 0 Å². The van der Waals surface area contributed by atoms with Crippen LogP contribution in [0, 0.1) is 5.82 Å². The van der Waals surface area contributed by atoms with Gasteiger partial charge in [0.05, 0.1) is 10.6 Å². The van der Waals surface area contributed by atoms with Gasteiger partial charge in [0, 0.05) is 18.7 Å². The fourth-order valence-electron chi connectivity index (χ4n) is 2.66. The van der Waals surface area contributed by atoms with E-state index in [4.69, 9.17) is 0 Å². The Morgan fingerprint density at radius 2 is 1.83 bits per heavy atom. The molecule has 0 radical (unpaired) electrons.